The number of carbonyl (C=O) groups is 1. The fourth-order valence-electron chi connectivity index (χ4n) is 2.37. The van der Waals surface area contributed by atoms with Gasteiger partial charge >= 0.3 is 0 Å². The van der Waals surface area contributed by atoms with E-state index in [0.717, 1.165) is 5.56 Å². The maximum Gasteiger partial charge on any atom is 0.296 e. The molecule has 6 nitrogen and oxygen atoms in total. The van der Waals surface area contributed by atoms with Gasteiger partial charge in [-0.3, -0.25) is 10.1 Å². The highest BCUT2D eigenvalue weighted by atomic mass is 32.2. The van der Waals surface area contributed by atoms with Crippen molar-refractivity contribution in [2.45, 2.75) is 10.1 Å². The van der Waals surface area contributed by atoms with Crippen LogP contribution in [0.1, 0.15) is 16.1 Å². The van der Waals surface area contributed by atoms with Crippen LogP contribution in [-0.2, 0) is 5.75 Å². The van der Waals surface area contributed by atoms with Crippen molar-refractivity contribution in [3.8, 4) is 11.3 Å². The van der Waals surface area contributed by atoms with E-state index in [9.17, 15) is 13.6 Å². The van der Waals surface area contributed by atoms with Crippen LogP contribution >= 0.6 is 23.1 Å². The molecule has 4 aromatic rings. The molecule has 0 aliphatic carbocycles. The SMILES string of the molecule is O=C(Nc1nnc(SCc2ccc(F)cc2)s1)c1cc(-c2cccc(F)c2)no1. The average molecular weight is 430 g/mol. The molecule has 0 aliphatic rings. The highest BCUT2D eigenvalue weighted by Crippen LogP contribution is 2.29. The number of hydrogen-bond donors (Lipinski definition) is 1. The number of rotatable bonds is 6. The second-order valence-corrected chi connectivity index (χ2v) is 8.03. The summed E-state index contributed by atoms with van der Waals surface area (Å²) in [5.41, 5.74) is 1.80. The van der Waals surface area contributed by atoms with E-state index < -0.39 is 11.7 Å². The summed E-state index contributed by atoms with van der Waals surface area (Å²) in [6, 6.07) is 13.5. The normalized spacial score (nSPS) is 10.8. The lowest BCUT2D eigenvalue weighted by Gasteiger charge is -1.98. The van der Waals surface area contributed by atoms with Crippen molar-refractivity contribution in [1.82, 2.24) is 15.4 Å². The lowest BCUT2D eigenvalue weighted by molar-refractivity contribution is 0.0988. The summed E-state index contributed by atoms with van der Waals surface area (Å²) in [4.78, 5) is 12.3. The first-order chi connectivity index (χ1) is 14.1. The van der Waals surface area contributed by atoms with Crippen LogP contribution in [0.2, 0.25) is 0 Å². The van der Waals surface area contributed by atoms with Gasteiger partial charge in [0, 0.05) is 17.4 Å². The van der Waals surface area contributed by atoms with Gasteiger partial charge in [-0.25, -0.2) is 8.78 Å². The molecule has 0 fully saturated rings. The van der Waals surface area contributed by atoms with Gasteiger partial charge in [-0.2, -0.15) is 0 Å². The Labute approximate surface area is 172 Å². The van der Waals surface area contributed by atoms with Crippen LogP contribution in [0.4, 0.5) is 13.9 Å². The second kappa shape index (κ2) is 8.50. The van der Waals surface area contributed by atoms with E-state index in [1.54, 1.807) is 24.3 Å². The third-order valence-electron chi connectivity index (χ3n) is 3.76. The van der Waals surface area contributed by atoms with Gasteiger partial charge in [-0.05, 0) is 29.8 Å². The molecule has 0 spiro atoms. The third-order valence-corrected chi connectivity index (χ3v) is 5.80. The van der Waals surface area contributed by atoms with Gasteiger partial charge in [0.15, 0.2) is 4.34 Å². The minimum absolute atomic E-state index is 0.0278. The summed E-state index contributed by atoms with van der Waals surface area (Å²) in [7, 11) is 0. The van der Waals surface area contributed by atoms with Gasteiger partial charge in [0.25, 0.3) is 5.91 Å². The summed E-state index contributed by atoms with van der Waals surface area (Å²) in [5.74, 6) is -0.655. The highest BCUT2D eigenvalue weighted by molar-refractivity contribution is 8.00. The minimum Gasteiger partial charge on any atom is -0.350 e. The molecule has 0 saturated heterocycles. The Bertz CT molecular complexity index is 1150. The molecule has 29 heavy (non-hydrogen) atoms. The summed E-state index contributed by atoms with van der Waals surface area (Å²) in [6.45, 7) is 0. The van der Waals surface area contributed by atoms with Crippen LogP contribution in [0.15, 0.2) is 63.5 Å². The molecule has 2 aromatic carbocycles. The number of hydrogen-bond acceptors (Lipinski definition) is 7. The molecule has 1 amide bonds. The number of aromatic nitrogens is 3. The number of benzene rings is 2. The Morgan fingerprint density at radius 1 is 1.07 bits per heavy atom. The van der Waals surface area contributed by atoms with Crippen molar-refractivity contribution < 1.29 is 18.1 Å². The van der Waals surface area contributed by atoms with Gasteiger partial charge < -0.3 is 4.52 Å². The molecule has 0 aliphatic heterocycles. The quantitative estimate of drug-likeness (QED) is 0.342. The summed E-state index contributed by atoms with van der Waals surface area (Å²) in [6.07, 6.45) is 0. The van der Waals surface area contributed by atoms with Crippen molar-refractivity contribution in [2.75, 3.05) is 5.32 Å². The fourth-order valence-corrected chi connectivity index (χ4v) is 4.07. The molecular formula is C19H12F2N4O2S2. The predicted molar refractivity (Wildman–Crippen MR) is 106 cm³/mol. The molecule has 146 valence electrons. The first-order valence-electron chi connectivity index (χ1n) is 8.31. The van der Waals surface area contributed by atoms with E-state index in [1.807, 2.05) is 0 Å². The molecule has 0 atom stereocenters. The number of halogens is 2. The van der Waals surface area contributed by atoms with Crippen LogP contribution in [0.5, 0.6) is 0 Å². The van der Waals surface area contributed by atoms with E-state index >= 15 is 0 Å². The van der Waals surface area contributed by atoms with Crippen LogP contribution in [-0.4, -0.2) is 21.3 Å². The highest BCUT2D eigenvalue weighted by Gasteiger charge is 2.17. The van der Waals surface area contributed by atoms with Crippen molar-refractivity contribution >= 4 is 34.1 Å². The molecule has 0 saturated carbocycles. The minimum atomic E-state index is -0.536. The lowest BCUT2D eigenvalue weighted by atomic mass is 10.1. The Morgan fingerprint density at radius 3 is 2.69 bits per heavy atom. The molecule has 4 rings (SSSR count). The van der Waals surface area contributed by atoms with Crippen molar-refractivity contribution in [2.24, 2.45) is 0 Å². The molecule has 0 radical (unpaired) electrons. The number of thioether (sulfide) groups is 1. The number of nitrogens with zero attached hydrogens (tertiary/aromatic N) is 3. The number of carbonyl (C=O) groups excluding carboxylic acids is 1. The molecule has 10 heteroatoms. The molecule has 2 heterocycles. The molecule has 0 bridgehead atoms. The van der Waals surface area contributed by atoms with E-state index in [-0.39, 0.29) is 11.6 Å². The first-order valence-corrected chi connectivity index (χ1v) is 10.1. The first kappa shape index (κ1) is 19.2. The molecule has 0 unspecified atom stereocenters. The largest absolute Gasteiger partial charge is 0.350 e. The molecular weight excluding hydrogens is 418 g/mol. The zero-order valence-electron chi connectivity index (χ0n) is 14.6. The predicted octanol–water partition coefficient (Wildman–Crippen LogP) is 5.02. The van der Waals surface area contributed by atoms with Crippen molar-refractivity contribution in [3.05, 3.63) is 77.6 Å². The Morgan fingerprint density at radius 2 is 1.90 bits per heavy atom. The van der Waals surface area contributed by atoms with Gasteiger partial charge in [0.05, 0.1) is 0 Å². The second-order valence-electron chi connectivity index (χ2n) is 5.83. The van der Waals surface area contributed by atoms with Crippen LogP contribution in [0.3, 0.4) is 0 Å². The van der Waals surface area contributed by atoms with Crippen LogP contribution in [0, 0.1) is 11.6 Å². The van der Waals surface area contributed by atoms with E-state index in [4.69, 9.17) is 4.52 Å². The smallest absolute Gasteiger partial charge is 0.296 e. The summed E-state index contributed by atoms with van der Waals surface area (Å²) < 4.78 is 32.0. The maximum absolute atomic E-state index is 13.3. The number of anilines is 1. The lowest BCUT2D eigenvalue weighted by Crippen LogP contribution is -2.10. The van der Waals surface area contributed by atoms with E-state index in [1.165, 1.54) is 53.4 Å². The molecule has 2 aromatic heterocycles. The zero-order chi connectivity index (χ0) is 20.2. The Kier molecular flexibility index (Phi) is 5.63. The van der Waals surface area contributed by atoms with Gasteiger partial charge in [0.2, 0.25) is 10.9 Å². The van der Waals surface area contributed by atoms with Crippen molar-refractivity contribution in [1.29, 1.82) is 0 Å². The summed E-state index contributed by atoms with van der Waals surface area (Å²) >= 11 is 2.63. The van der Waals surface area contributed by atoms with E-state index in [0.29, 0.717) is 26.5 Å². The maximum atomic E-state index is 13.3. The Balaban J connectivity index is 1.37. The third kappa shape index (κ3) is 4.84. The Hall–Kier alpha value is -3.11. The molecule has 1 N–H and O–H groups in total. The standard InChI is InChI=1S/C19H12F2N4O2S2/c20-13-6-4-11(5-7-13)10-28-19-24-23-18(29-19)22-17(26)16-9-15(25-27-16)12-2-1-3-14(21)8-12/h1-9H,10H2,(H,22,23,26). The number of nitrogens with one attached hydrogen (secondary N) is 1. The summed E-state index contributed by atoms with van der Waals surface area (Å²) in [5, 5.41) is 14.6. The van der Waals surface area contributed by atoms with Crippen LogP contribution < -0.4 is 5.32 Å². The van der Waals surface area contributed by atoms with Gasteiger partial charge in [-0.1, -0.05) is 52.5 Å². The average Bonchev–Trinajstić information content (AvgIpc) is 3.37. The fraction of sp³-hybridized carbons (Fsp3) is 0.0526. The topological polar surface area (TPSA) is 80.9 Å². The number of amides is 1. The van der Waals surface area contributed by atoms with Gasteiger partial charge in [-0.15, -0.1) is 10.2 Å². The monoisotopic (exact) mass is 430 g/mol. The van der Waals surface area contributed by atoms with Gasteiger partial charge in [0.1, 0.15) is 17.3 Å². The van der Waals surface area contributed by atoms with E-state index in [2.05, 4.69) is 20.7 Å². The van der Waals surface area contributed by atoms with Crippen LogP contribution in [0.25, 0.3) is 11.3 Å². The van der Waals surface area contributed by atoms with Crippen molar-refractivity contribution in [3.63, 3.8) is 0 Å². The zero-order valence-corrected chi connectivity index (χ0v) is 16.3.